The lowest BCUT2D eigenvalue weighted by atomic mass is 10.0. The summed E-state index contributed by atoms with van der Waals surface area (Å²) in [6, 6.07) is 15.5. The summed E-state index contributed by atoms with van der Waals surface area (Å²) in [7, 11) is -4.51. The summed E-state index contributed by atoms with van der Waals surface area (Å²) >= 11 is 0. The molecule has 0 bridgehead atoms. The van der Waals surface area contributed by atoms with Gasteiger partial charge < -0.3 is 38.3 Å². The number of hydrogen-bond acceptors (Lipinski definition) is 22. The third kappa shape index (κ3) is 17.9. The van der Waals surface area contributed by atoms with Gasteiger partial charge in [0.05, 0.1) is 30.4 Å². The Labute approximate surface area is 439 Å². The molecule has 0 saturated heterocycles. The molecule has 0 saturated carbocycles. The van der Waals surface area contributed by atoms with Gasteiger partial charge in [0.2, 0.25) is 19.1 Å². The molecule has 0 spiro atoms. The van der Waals surface area contributed by atoms with Crippen molar-refractivity contribution in [3.8, 4) is 17.2 Å². The number of rotatable bonds is 36. The average molecular weight is 1080 g/mol. The molecule has 1 aliphatic heterocycles. The van der Waals surface area contributed by atoms with Crippen LogP contribution in [-0.2, 0) is 51.5 Å². The van der Waals surface area contributed by atoms with Gasteiger partial charge >= 0.3 is 31.4 Å². The Morgan fingerprint density at radius 3 is 2.12 bits per heavy atom. The molecule has 0 radical (unpaired) electrons. The van der Waals surface area contributed by atoms with Gasteiger partial charge in [-0.2, -0.15) is 0 Å². The van der Waals surface area contributed by atoms with Crippen molar-refractivity contribution in [3.05, 3.63) is 74.9 Å². The SMILES string of the molecule is CCN(CC)c1ccc2nc3c4cc(OCCCCC(=O)OC(COCCCCCCCCCCCCNc5ccc([N+](=O)[O-])c6nonc56)COP(=O)(OCOC(C)=O)OCOC(C)=O)ccc4c(=O)cc-3oc2c1. The number of fused-ring (bicyclic) bond motifs is 5. The molecule has 24 heteroatoms. The number of nitro benzene ring substituents is 1. The lowest BCUT2D eigenvalue weighted by Crippen LogP contribution is -2.29. The third-order valence-corrected chi connectivity index (χ3v) is 13.5. The van der Waals surface area contributed by atoms with Crippen molar-refractivity contribution in [1.82, 2.24) is 15.3 Å². The molecule has 1 N–H and O–H groups in total. The molecule has 412 valence electrons. The van der Waals surface area contributed by atoms with E-state index in [0.717, 1.165) is 96.8 Å². The number of nitrogens with one attached hydrogen (secondary N) is 1. The summed E-state index contributed by atoms with van der Waals surface area (Å²) in [6.45, 7) is 7.20. The summed E-state index contributed by atoms with van der Waals surface area (Å²) in [5.41, 5.74) is 3.52. The number of carbonyl (C=O) groups excluding carboxylic acids is 3. The van der Waals surface area contributed by atoms with Crippen molar-refractivity contribution in [1.29, 1.82) is 0 Å². The molecule has 1 aromatic heterocycles. The molecular weight excluding hydrogens is 1010 g/mol. The predicted octanol–water partition coefficient (Wildman–Crippen LogP) is 10.4. The molecule has 3 aromatic carbocycles. The Hall–Kier alpha value is -6.78. The van der Waals surface area contributed by atoms with E-state index in [4.69, 9.17) is 51.3 Å². The van der Waals surface area contributed by atoms with Crippen LogP contribution in [0, 0.1) is 10.1 Å². The lowest BCUT2D eigenvalue weighted by molar-refractivity contribution is -0.383. The van der Waals surface area contributed by atoms with Crippen LogP contribution in [0.5, 0.6) is 5.75 Å². The first kappa shape index (κ1) is 58.5. The van der Waals surface area contributed by atoms with Crippen LogP contribution in [0.3, 0.4) is 0 Å². The molecule has 23 nitrogen and oxygen atoms in total. The summed E-state index contributed by atoms with van der Waals surface area (Å²) in [5.74, 6) is -1.14. The first-order valence-electron chi connectivity index (χ1n) is 25.7. The zero-order chi connectivity index (χ0) is 54.3. The fourth-order valence-electron chi connectivity index (χ4n) is 8.20. The van der Waals surface area contributed by atoms with Crippen LogP contribution >= 0.6 is 7.82 Å². The third-order valence-electron chi connectivity index (χ3n) is 12.2. The van der Waals surface area contributed by atoms with Gasteiger partial charge in [0, 0.05) is 81.2 Å². The van der Waals surface area contributed by atoms with Crippen molar-refractivity contribution < 1.29 is 70.2 Å². The molecule has 1 atom stereocenters. The summed E-state index contributed by atoms with van der Waals surface area (Å²) < 4.78 is 67.0. The summed E-state index contributed by atoms with van der Waals surface area (Å²) in [5, 5.41) is 23.0. The Bertz CT molecular complexity index is 2900. The zero-order valence-electron chi connectivity index (χ0n) is 43.5. The van der Waals surface area contributed by atoms with Gasteiger partial charge in [-0.1, -0.05) is 51.4 Å². The topological polar surface area (TPSA) is 283 Å². The number of phosphoric ester groups is 1. The minimum absolute atomic E-state index is 0.00690. The van der Waals surface area contributed by atoms with Gasteiger partial charge in [-0.25, -0.2) is 23.2 Å². The van der Waals surface area contributed by atoms with Crippen molar-refractivity contribution >= 4 is 75.7 Å². The fraction of sp³-hybridized carbons (Fsp3) is 0.519. The molecule has 6 rings (SSSR count). The minimum Gasteiger partial charge on any atom is -0.494 e. The van der Waals surface area contributed by atoms with Crippen LogP contribution in [0.15, 0.2) is 68.4 Å². The van der Waals surface area contributed by atoms with Crippen LogP contribution in [-0.4, -0.2) is 104 Å². The van der Waals surface area contributed by atoms with Crippen molar-refractivity contribution in [3.63, 3.8) is 0 Å². The van der Waals surface area contributed by atoms with E-state index >= 15 is 0 Å². The monoisotopic (exact) mass is 1080 g/mol. The number of carbonyl (C=O) groups is 3. The van der Waals surface area contributed by atoms with Crippen molar-refractivity contribution in [2.45, 2.75) is 117 Å². The maximum atomic E-state index is 13.4. The van der Waals surface area contributed by atoms with E-state index in [1.807, 2.05) is 18.2 Å². The number of esters is 3. The Kier molecular flexibility index (Phi) is 23.2. The minimum atomic E-state index is -4.51. The van der Waals surface area contributed by atoms with Crippen molar-refractivity contribution in [2.24, 2.45) is 0 Å². The van der Waals surface area contributed by atoms with Crippen LogP contribution in [0.1, 0.15) is 111 Å². The highest BCUT2D eigenvalue weighted by molar-refractivity contribution is 7.48. The van der Waals surface area contributed by atoms with E-state index in [0.29, 0.717) is 76.3 Å². The highest BCUT2D eigenvalue weighted by Gasteiger charge is 2.31. The summed E-state index contributed by atoms with van der Waals surface area (Å²) in [6.07, 6.45) is 10.00. The molecule has 2 heterocycles. The standard InChI is InChI=1S/C52H67N6O17P/c1-5-57(6-2)38-20-23-43-47(29-38)74-48-31-46(61)41-22-21-39(30-42(41)50(48)54-43)67-28-18-15-19-49(62)73-40(33-70-76(65,71-34-68-36(3)59)72-35-69-37(4)60)32-66-27-17-14-12-10-8-7-9-11-13-16-26-53-44-24-25-45(58(63)64)52-51(44)55-75-56-52/h20-25,29-31,40,53H,5-19,26-28,32-35H2,1-4H3. The van der Waals surface area contributed by atoms with E-state index in [1.54, 1.807) is 24.3 Å². The second-order valence-electron chi connectivity index (χ2n) is 17.8. The van der Waals surface area contributed by atoms with Crippen LogP contribution in [0.25, 0.3) is 44.4 Å². The van der Waals surface area contributed by atoms with E-state index in [9.17, 15) is 33.9 Å². The second-order valence-corrected chi connectivity index (χ2v) is 19.5. The molecular formula is C52H67N6O17P. The van der Waals surface area contributed by atoms with Gasteiger partial charge in [-0.05, 0) is 86.2 Å². The number of anilines is 2. The number of hydrogen-bond donors (Lipinski definition) is 1. The highest BCUT2D eigenvalue weighted by Crippen LogP contribution is 2.49. The van der Waals surface area contributed by atoms with E-state index < -0.39 is 57.0 Å². The maximum Gasteiger partial charge on any atom is 0.480 e. The van der Waals surface area contributed by atoms with Gasteiger partial charge in [0.1, 0.15) is 23.1 Å². The number of unbranched alkanes of at least 4 members (excludes halogenated alkanes) is 10. The van der Waals surface area contributed by atoms with Crippen LogP contribution < -0.4 is 20.4 Å². The number of benzene rings is 4. The molecule has 1 unspecified atom stereocenters. The molecule has 0 fully saturated rings. The first-order valence-corrected chi connectivity index (χ1v) is 27.1. The van der Waals surface area contributed by atoms with Gasteiger partial charge in [0.15, 0.2) is 22.3 Å². The number of phosphoric acid groups is 1. The number of nitrogens with zero attached hydrogens (tertiary/aromatic N) is 5. The molecule has 4 aromatic rings. The normalized spacial score (nSPS) is 12.1. The van der Waals surface area contributed by atoms with Gasteiger partial charge in [0.25, 0.3) is 0 Å². The van der Waals surface area contributed by atoms with Crippen LogP contribution in [0.4, 0.5) is 17.1 Å². The molecule has 1 aliphatic carbocycles. The predicted molar refractivity (Wildman–Crippen MR) is 280 cm³/mol. The second kappa shape index (κ2) is 30.1. The average Bonchev–Trinajstić information content (AvgIpc) is 3.90. The number of aromatic nitrogens is 3. The molecule has 2 aliphatic rings. The Balaban J connectivity index is 0.917. The van der Waals surface area contributed by atoms with Gasteiger partial charge in [-0.3, -0.25) is 33.8 Å². The largest absolute Gasteiger partial charge is 0.494 e. The van der Waals surface area contributed by atoms with E-state index in [-0.39, 0.29) is 36.3 Å². The number of ether oxygens (including phenoxy) is 5. The molecule has 0 amide bonds. The highest BCUT2D eigenvalue weighted by atomic mass is 31.2. The van der Waals surface area contributed by atoms with E-state index in [1.165, 1.54) is 12.1 Å². The zero-order valence-corrected chi connectivity index (χ0v) is 44.3. The van der Waals surface area contributed by atoms with E-state index in [2.05, 4.69) is 34.4 Å². The fourth-order valence-corrected chi connectivity index (χ4v) is 9.13. The Morgan fingerprint density at radius 2 is 1.43 bits per heavy atom. The van der Waals surface area contributed by atoms with Crippen LogP contribution in [0.2, 0.25) is 0 Å². The first-order chi connectivity index (χ1) is 36.8. The molecule has 76 heavy (non-hydrogen) atoms. The summed E-state index contributed by atoms with van der Waals surface area (Å²) in [4.78, 5) is 66.7. The maximum absolute atomic E-state index is 13.4. The number of non-ortho nitro benzene ring substituents is 1. The Morgan fingerprint density at radius 1 is 0.763 bits per heavy atom. The van der Waals surface area contributed by atoms with Gasteiger partial charge in [-0.15, -0.1) is 0 Å². The quantitative estimate of drug-likeness (QED) is 0.00440. The smallest absolute Gasteiger partial charge is 0.480 e. The number of nitro groups is 1. The van der Waals surface area contributed by atoms with Crippen molar-refractivity contribution in [2.75, 3.05) is 69.9 Å². The lowest BCUT2D eigenvalue weighted by Gasteiger charge is -2.22.